The molecule has 10 heteroatoms. The largest absolute Gasteiger partial charge is 0.360 e. The summed E-state index contributed by atoms with van der Waals surface area (Å²) in [5.41, 5.74) is 0. The molecule has 1 amide bonds. The van der Waals surface area contributed by atoms with Crippen molar-refractivity contribution >= 4 is 29.1 Å². The lowest BCUT2D eigenvalue weighted by atomic mass is 10.2. The van der Waals surface area contributed by atoms with Crippen molar-refractivity contribution in [1.82, 2.24) is 29.6 Å². The monoisotopic (exact) mass is 361 g/mol. The molecule has 4 rings (SSSR count). The third-order valence-corrected chi connectivity index (χ3v) is 4.44. The van der Waals surface area contributed by atoms with Crippen LogP contribution in [0.25, 0.3) is 5.78 Å². The SMILES string of the molecule is O=C(CCc1cc(Cl)no1)N1CCN(c2ccnc3nncn23)CC1. The summed E-state index contributed by atoms with van der Waals surface area (Å²) in [6.07, 6.45) is 4.26. The molecule has 25 heavy (non-hydrogen) atoms. The highest BCUT2D eigenvalue weighted by atomic mass is 35.5. The number of aromatic nitrogens is 5. The molecule has 1 saturated heterocycles. The third kappa shape index (κ3) is 3.27. The summed E-state index contributed by atoms with van der Waals surface area (Å²) < 4.78 is 6.88. The van der Waals surface area contributed by atoms with Gasteiger partial charge in [-0.15, -0.1) is 10.2 Å². The molecule has 3 aromatic heterocycles. The molecular weight excluding hydrogens is 346 g/mol. The second-order valence-corrected chi connectivity index (χ2v) is 6.18. The van der Waals surface area contributed by atoms with E-state index in [9.17, 15) is 4.79 Å². The molecule has 0 atom stereocenters. The van der Waals surface area contributed by atoms with E-state index >= 15 is 0 Å². The van der Waals surface area contributed by atoms with Gasteiger partial charge in [-0.25, -0.2) is 4.98 Å². The highest BCUT2D eigenvalue weighted by Crippen LogP contribution is 2.17. The van der Waals surface area contributed by atoms with Crippen LogP contribution in [0.15, 0.2) is 29.2 Å². The molecule has 1 aliphatic heterocycles. The zero-order chi connectivity index (χ0) is 17.2. The van der Waals surface area contributed by atoms with E-state index in [0.29, 0.717) is 42.6 Å². The molecule has 0 aromatic carbocycles. The summed E-state index contributed by atoms with van der Waals surface area (Å²) in [7, 11) is 0. The number of aryl methyl sites for hydroxylation is 1. The van der Waals surface area contributed by atoms with E-state index in [2.05, 4.69) is 25.2 Å². The molecule has 0 aliphatic carbocycles. The molecule has 0 radical (unpaired) electrons. The van der Waals surface area contributed by atoms with Gasteiger partial charge in [-0.2, -0.15) is 0 Å². The molecule has 1 aliphatic rings. The summed E-state index contributed by atoms with van der Waals surface area (Å²) in [6.45, 7) is 2.83. The molecule has 0 bridgehead atoms. The van der Waals surface area contributed by atoms with Crippen LogP contribution in [0, 0.1) is 0 Å². The van der Waals surface area contributed by atoms with Gasteiger partial charge in [-0.3, -0.25) is 9.20 Å². The average molecular weight is 362 g/mol. The zero-order valence-electron chi connectivity index (χ0n) is 13.4. The van der Waals surface area contributed by atoms with Crippen LogP contribution in [0.1, 0.15) is 12.2 Å². The summed E-state index contributed by atoms with van der Waals surface area (Å²) in [6, 6.07) is 3.57. The summed E-state index contributed by atoms with van der Waals surface area (Å²) in [4.78, 5) is 20.6. The molecule has 0 unspecified atom stereocenters. The fourth-order valence-electron chi connectivity index (χ4n) is 2.97. The first kappa shape index (κ1) is 15.8. The Morgan fingerprint density at radius 1 is 1.28 bits per heavy atom. The predicted molar refractivity (Wildman–Crippen MR) is 89.4 cm³/mol. The number of fused-ring (bicyclic) bond motifs is 1. The Labute approximate surface area is 148 Å². The van der Waals surface area contributed by atoms with Crippen LogP contribution in [-0.2, 0) is 11.2 Å². The standard InChI is InChI=1S/C15H16ClN7O2/c16-12-9-11(25-20-12)1-2-14(24)22-7-5-21(6-8-22)13-3-4-17-15-19-18-10-23(13)15/h3-4,9-10H,1-2,5-8H2. The van der Waals surface area contributed by atoms with Gasteiger partial charge in [-0.1, -0.05) is 16.8 Å². The van der Waals surface area contributed by atoms with Crippen LogP contribution in [-0.4, -0.2) is 61.7 Å². The maximum absolute atomic E-state index is 12.4. The molecule has 1 fully saturated rings. The van der Waals surface area contributed by atoms with Crippen molar-refractivity contribution in [3.8, 4) is 0 Å². The van der Waals surface area contributed by atoms with Crippen LogP contribution in [0.3, 0.4) is 0 Å². The number of carbonyl (C=O) groups excluding carboxylic acids is 1. The fraction of sp³-hybridized carbons (Fsp3) is 0.400. The third-order valence-electron chi connectivity index (χ3n) is 4.26. The molecule has 4 heterocycles. The predicted octanol–water partition coefficient (Wildman–Crippen LogP) is 1.05. The van der Waals surface area contributed by atoms with E-state index in [1.54, 1.807) is 18.6 Å². The number of halogens is 1. The number of piperazine rings is 1. The number of hydrogen-bond donors (Lipinski definition) is 0. The summed E-state index contributed by atoms with van der Waals surface area (Å²) in [5, 5.41) is 11.8. The van der Waals surface area contributed by atoms with Gasteiger partial charge in [0.25, 0.3) is 5.78 Å². The fourth-order valence-corrected chi connectivity index (χ4v) is 3.12. The lowest BCUT2D eigenvalue weighted by Crippen LogP contribution is -2.49. The number of rotatable bonds is 4. The van der Waals surface area contributed by atoms with Crippen molar-refractivity contribution in [2.75, 3.05) is 31.1 Å². The van der Waals surface area contributed by atoms with Gasteiger partial charge >= 0.3 is 0 Å². The van der Waals surface area contributed by atoms with Crippen LogP contribution in [0.2, 0.25) is 5.15 Å². The first-order valence-electron chi connectivity index (χ1n) is 7.99. The van der Waals surface area contributed by atoms with Gasteiger partial charge in [0.2, 0.25) is 5.91 Å². The van der Waals surface area contributed by atoms with Gasteiger partial charge in [-0.05, 0) is 6.07 Å². The lowest BCUT2D eigenvalue weighted by Gasteiger charge is -2.36. The Morgan fingerprint density at radius 2 is 2.12 bits per heavy atom. The van der Waals surface area contributed by atoms with E-state index in [4.69, 9.17) is 16.1 Å². The minimum Gasteiger partial charge on any atom is -0.360 e. The van der Waals surface area contributed by atoms with Crippen molar-refractivity contribution in [3.05, 3.63) is 35.6 Å². The van der Waals surface area contributed by atoms with E-state index in [1.165, 1.54) is 0 Å². The number of anilines is 1. The van der Waals surface area contributed by atoms with Crippen LogP contribution in [0.5, 0.6) is 0 Å². The van der Waals surface area contributed by atoms with Crippen LogP contribution in [0.4, 0.5) is 5.82 Å². The number of amides is 1. The van der Waals surface area contributed by atoms with Crippen molar-refractivity contribution in [2.24, 2.45) is 0 Å². The summed E-state index contributed by atoms with van der Waals surface area (Å²) >= 11 is 5.71. The van der Waals surface area contributed by atoms with Crippen molar-refractivity contribution in [3.63, 3.8) is 0 Å². The molecule has 9 nitrogen and oxygen atoms in total. The van der Waals surface area contributed by atoms with Gasteiger partial charge in [0.1, 0.15) is 17.9 Å². The zero-order valence-corrected chi connectivity index (χ0v) is 14.1. The minimum atomic E-state index is 0.108. The number of nitrogens with zero attached hydrogens (tertiary/aromatic N) is 7. The lowest BCUT2D eigenvalue weighted by molar-refractivity contribution is -0.131. The quantitative estimate of drug-likeness (QED) is 0.685. The topological polar surface area (TPSA) is 92.7 Å². The van der Waals surface area contributed by atoms with E-state index in [0.717, 1.165) is 18.9 Å². The van der Waals surface area contributed by atoms with Gasteiger partial charge in [0.15, 0.2) is 5.15 Å². The summed E-state index contributed by atoms with van der Waals surface area (Å²) in [5.74, 6) is 2.29. The smallest absolute Gasteiger partial charge is 0.256 e. The Balaban J connectivity index is 1.35. The molecule has 130 valence electrons. The van der Waals surface area contributed by atoms with E-state index < -0.39 is 0 Å². The van der Waals surface area contributed by atoms with Crippen molar-refractivity contribution in [2.45, 2.75) is 12.8 Å². The molecule has 0 N–H and O–H groups in total. The minimum absolute atomic E-state index is 0.108. The highest BCUT2D eigenvalue weighted by Gasteiger charge is 2.22. The van der Waals surface area contributed by atoms with Crippen LogP contribution < -0.4 is 4.90 Å². The van der Waals surface area contributed by atoms with Gasteiger partial charge < -0.3 is 14.3 Å². The first-order valence-corrected chi connectivity index (χ1v) is 8.37. The second kappa shape index (κ2) is 6.67. The second-order valence-electron chi connectivity index (χ2n) is 5.79. The van der Waals surface area contributed by atoms with Crippen molar-refractivity contribution in [1.29, 1.82) is 0 Å². The Bertz CT molecular complexity index is 885. The van der Waals surface area contributed by atoms with Gasteiger partial charge in [0, 0.05) is 51.3 Å². The average Bonchev–Trinajstić information content (AvgIpc) is 3.28. The molecule has 0 spiro atoms. The Hall–Kier alpha value is -2.68. The maximum atomic E-state index is 12.4. The number of carbonyl (C=O) groups is 1. The Kier molecular flexibility index (Phi) is 4.22. The maximum Gasteiger partial charge on any atom is 0.256 e. The molecular formula is C15H16ClN7O2. The highest BCUT2D eigenvalue weighted by molar-refractivity contribution is 6.29. The van der Waals surface area contributed by atoms with Crippen molar-refractivity contribution < 1.29 is 9.32 Å². The van der Waals surface area contributed by atoms with E-state index in [1.807, 2.05) is 15.4 Å². The molecule has 0 saturated carbocycles. The number of hydrogen-bond acceptors (Lipinski definition) is 7. The van der Waals surface area contributed by atoms with Crippen LogP contribution >= 0.6 is 11.6 Å². The van der Waals surface area contributed by atoms with Gasteiger partial charge in [0.05, 0.1) is 0 Å². The first-order chi connectivity index (χ1) is 12.2. The Morgan fingerprint density at radius 3 is 2.88 bits per heavy atom. The molecule has 3 aromatic rings. The normalized spacial score (nSPS) is 15.1. The van der Waals surface area contributed by atoms with E-state index in [-0.39, 0.29) is 5.91 Å².